The van der Waals surface area contributed by atoms with E-state index in [9.17, 15) is 0 Å². The summed E-state index contributed by atoms with van der Waals surface area (Å²) in [7, 11) is 1.97. The minimum Gasteiger partial charge on any atom is -0.349 e. The fraction of sp³-hybridized carbons (Fsp3) is 0.238. The van der Waals surface area contributed by atoms with E-state index in [4.69, 9.17) is 10.1 Å². The van der Waals surface area contributed by atoms with Crippen LogP contribution in [0.3, 0.4) is 0 Å². The van der Waals surface area contributed by atoms with Crippen molar-refractivity contribution in [1.82, 2.24) is 29.4 Å². The molecule has 0 atom stereocenters. The highest BCUT2D eigenvalue weighted by Crippen LogP contribution is 2.31. The Morgan fingerprint density at radius 3 is 2.69 bits per heavy atom. The van der Waals surface area contributed by atoms with Gasteiger partial charge in [-0.25, -0.2) is 4.98 Å². The summed E-state index contributed by atoms with van der Waals surface area (Å²) in [5.74, 6) is 1.42. The number of hydrogen-bond donors (Lipinski definition) is 1. The van der Waals surface area contributed by atoms with Crippen molar-refractivity contribution in [2.75, 3.05) is 5.32 Å². The molecule has 0 amide bonds. The lowest BCUT2D eigenvalue weighted by atomic mass is 10.0. The molecule has 0 fully saturated rings. The summed E-state index contributed by atoms with van der Waals surface area (Å²) in [5, 5.41) is 15.9. The summed E-state index contributed by atoms with van der Waals surface area (Å²) in [5.41, 5.74) is 5.98. The molecule has 0 aliphatic heterocycles. The van der Waals surface area contributed by atoms with Crippen LogP contribution in [-0.2, 0) is 13.6 Å². The molecule has 4 aromatic heterocycles. The van der Waals surface area contributed by atoms with Crippen LogP contribution in [0.5, 0.6) is 0 Å². The SMILES string of the molecule is Cc1nc(NCc2cccs2)n2nc(C)c(-c3ccc4c(c3)c(C)nn4C)c2n1. The van der Waals surface area contributed by atoms with Crippen molar-refractivity contribution in [3.63, 3.8) is 0 Å². The fourth-order valence-electron chi connectivity index (χ4n) is 3.77. The summed E-state index contributed by atoms with van der Waals surface area (Å²) in [6.45, 7) is 6.67. The average molecular weight is 404 g/mol. The molecule has 7 nitrogen and oxygen atoms in total. The van der Waals surface area contributed by atoms with Gasteiger partial charge in [0.1, 0.15) is 5.82 Å². The molecular formula is C21H21N7S. The topological polar surface area (TPSA) is 72.9 Å². The van der Waals surface area contributed by atoms with E-state index >= 15 is 0 Å². The number of hydrogen-bond acceptors (Lipinski definition) is 6. The van der Waals surface area contributed by atoms with Gasteiger partial charge in [-0.15, -0.1) is 11.3 Å². The molecule has 0 aliphatic carbocycles. The molecular weight excluding hydrogens is 382 g/mol. The van der Waals surface area contributed by atoms with Gasteiger partial charge in [0.25, 0.3) is 0 Å². The molecule has 4 heterocycles. The number of thiophene rings is 1. The van der Waals surface area contributed by atoms with Gasteiger partial charge in [0.2, 0.25) is 5.95 Å². The van der Waals surface area contributed by atoms with E-state index in [0.717, 1.165) is 39.1 Å². The summed E-state index contributed by atoms with van der Waals surface area (Å²) < 4.78 is 3.72. The lowest BCUT2D eigenvalue weighted by Gasteiger charge is -2.08. The van der Waals surface area contributed by atoms with Gasteiger partial charge >= 0.3 is 0 Å². The average Bonchev–Trinajstić information content (AvgIpc) is 3.38. The quantitative estimate of drug-likeness (QED) is 0.485. The zero-order chi connectivity index (χ0) is 20.1. The minimum atomic E-state index is 0.703. The van der Waals surface area contributed by atoms with E-state index in [0.29, 0.717) is 18.3 Å². The molecule has 0 bridgehead atoms. The molecule has 0 saturated carbocycles. The first kappa shape index (κ1) is 17.8. The van der Waals surface area contributed by atoms with Gasteiger partial charge in [0.05, 0.1) is 23.4 Å². The van der Waals surface area contributed by atoms with E-state index in [2.05, 4.69) is 51.1 Å². The molecule has 0 aliphatic rings. The molecule has 8 heteroatoms. The van der Waals surface area contributed by atoms with Crippen molar-refractivity contribution in [2.45, 2.75) is 27.3 Å². The lowest BCUT2D eigenvalue weighted by Crippen LogP contribution is -2.09. The van der Waals surface area contributed by atoms with E-state index in [1.807, 2.05) is 37.0 Å². The van der Waals surface area contributed by atoms with Crippen LogP contribution >= 0.6 is 11.3 Å². The van der Waals surface area contributed by atoms with Crippen LogP contribution in [0.25, 0.3) is 27.7 Å². The predicted molar refractivity (Wildman–Crippen MR) is 116 cm³/mol. The highest BCUT2D eigenvalue weighted by atomic mass is 32.1. The standard InChI is InChI=1S/C21H21N7S/c1-12-17-10-15(7-8-18(17)27(4)25-12)19-13(2)26-28-20(19)23-14(3)24-21(28)22-11-16-6-5-9-29-16/h5-10H,11H2,1-4H3,(H,22,23,24). The van der Waals surface area contributed by atoms with E-state index in [1.54, 1.807) is 11.3 Å². The molecule has 0 spiro atoms. The Labute approximate surface area is 172 Å². The van der Waals surface area contributed by atoms with Crippen LogP contribution in [0.15, 0.2) is 35.7 Å². The third-order valence-corrected chi connectivity index (χ3v) is 5.97. The Morgan fingerprint density at radius 1 is 1.03 bits per heavy atom. The summed E-state index contributed by atoms with van der Waals surface area (Å²) in [6.07, 6.45) is 0. The van der Waals surface area contributed by atoms with Gasteiger partial charge < -0.3 is 5.32 Å². The molecule has 5 rings (SSSR count). The molecule has 29 heavy (non-hydrogen) atoms. The van der Waals surface area contributed by atoms with Crippen molar-refractivity contribution in [3.8, 4) is 11.1 Å². The van der Waals surface area contributed by atoms with Gasteiger partial charge in [-0.3, -0.25) is 4.68 Å². The zero-order valence-electron chi connectivity index (χ0n) is 16.8. The number of aryl methyl sites for hydroxylation is 4. The Kier molecular flexibility index (Phi) is 4.09. The van der Waals surface area contributed by atoms with Crippen molar-refractivity contribution in [1.29, 1.82) is 0 Å². The van der Waals surface area contributed by atoms with Gasteiger partial charge in [0.15, 0.2) is 5.65 Å². The number of benzene rings is 1. The van der Waals surface area contributed by atoms with Crippen molar-refractivity contribution in [3.05, 3.63) is 57.8 Å². The second-order valence-electron chi connectivity index (χ2n) is 7.16. The molecule has 0 unspecified atom stereocenters. The molecule has 0 radical (unpaired) electrons. The van der Waals surface area contributed by atoms with Crippen LogP contribution in [0, 0.1) is 20.8 Å². The number of anilines is 1. The van der Waals surface area contributed by atoms with E-state index in [-0.39, 0.29) is 0 Å². The third kappa shape index (κ3) is 2.96. The van der Waals surface area contributed by atoms with Crippen LogP contribution in [-0.4, -0.2) is 29.4 Å². The largest absolute Gasteiger partial charge is 0.349 e. The van der Waals surface area contributed by atoms with Crippen LogP contribution < -0.4 is 5.32 Å². The van der Waals surface area contributed by atoms with Gasteiger partial charge in [0, 0.05) is 22.9 Å². The normalized spacial score (nSPS) is 11.6. The minimum absolute atomic E-state index is 0.703. The summed E-state index contributed by atoms with van der Waals surface area (Å²) in [6, 6.07) is 10.6. The number of nitrogens with zero attached hydrogens (tertiary/aromatic N) is 6. The maximum Gasteiger partial charge on any atom is 0.227 e. The third-order valence-electron chi connectivity index (χ3n) is 5.10. The van der Waals surface area contributed by atoms with Crippen LogP contribution in [0.1, 0.15) is 22.1 Å². The van der Waals surface area contributed by atoms with E-state index < -0.39 is 0 Å². The number of fused-ring (bicyclic) bond motifs is 2. The monoisotopic (exact) mass is 403 g/mol. The highest BCUT2D eigenvalue weighted by Gasteiger charge is 2.18. The Morgan fingerprint density at radius 2 is 1.90 bits per heavy atom. The van der Waals surface area contributed by atoms with Crippen molar-refractivity contribution < 1.29 is 0 Å². The molecule has 1 N–H and O–H groups in total. The first-order valence-electron chi connectivity index (χ1n) is 9.45. The van der Waals surface area contributed by atoms with E-state index in [1.165, 1.54) is 4.88 Å². The highest BCUT2D eigenvalue weighted by molar-refractivity contribution is 7.09. The number of rotatable bonds is 4. The first-order valence-corrected chi connectivity index (χ1v) is 10.3. The first-order chi connectivity index (χ1) is 14.0. The maximum atomic E-state index is 4.75. The molecule has 146 valence electrons. The zero-order valence-corrected chi connectivity index (χ0v) is 17.6. The second-order valence-corrected chi connectivity index (χ2v) is 8.20. The van der Waals surface area contributed by atoms with Crippen LogP contribution in [0.4, 0.5) is 5.95 Å². The van der Waals surface area contributed by atoms with Crippen molar-refractivity contribution in [2.24, 2.45) is 7.05 Å². The molecule has 5 aromatic rings. The fourth-order valence-corrected chi connectivity index (χ4v) is 4.42. The Balaban J connectivity index is 1.65. The number of nitrogens with one attached hydrogen (secondary N) is 1. The lowest BCUT2D eigenvalue weighted by molar-refractivity contribution is 0.783. The predicted octanol–water partition coefficient (Wildman–Crippen LogP) is 4.28. The molecule has 0 saturated heterocycles. The Hall–Kier alpha value is -3.26. The maximum absolute atomic E-state index is 4.75. The molecule has 1 aromatic carbocycles. The number of aromatic nitrogens is 6. The van der Waals surface area contributed by atoms with Gasteiger partial charge in [-0.2, -0.15) is 19.7 Å². The summed E-state index contributed by atoms with van der Waals surface area (Å²) in [4.78, 5) is 10.5. The van der Waals surface area contributed by atoms with Gasteiger partial charge in [-0.05, 0) is 49.9 Å². The van der Waals surface area contributed by atoms with Gasteiger partial charge in [-0.1, -0.05) is 12.1 Å². The smallest absolute Gasteiger partial charge is 0.227 e. The Bertz CT molecular complexity index is 1350. The van der Waals surface area contributed by atoms with Crippen LogP contribution in [0.2, 0.25) is 0 Å². The van der Waals surface area contributed by atoms with Crippen molar-refractivity contribution >= 4 is 33.8 Å². The second kappa shape index (κ2) is 6.66. The summed E-state index contributed by atoms with van der Waals surface area (Å²) >= 11 is 1.72.